The third kappa shape index (κ3) is 23.3. The fraction of sp³-hybridized carbons (Fsp3) is 1.00. The highest BCUT2D eigenvalue weighted by Crippen LogP contribution is 2.13. The Morgan fingerprint density at radius 1 is 0.471 bits per heavy atom. The van der Waals surface area contributed by atoms with Crippen molar-refractivity contribution in [3.05, 3.63) is 0 Å². The first kappa shape index (κ1) is 31.6. The van der Waals surface area contributed by atoms with Crippen LogP contribution in [0.2, 0.25) is 0 Å². The van der Waals surface area contributed by atoms with Gasteiger partial charge in [-0.1, -0.05) is 0 Å². The van der Waals surface area contributed by atoms with Crippen molar-refractivity contribution in [3.8, 4) is 0 Å². The molecule has 1 aliphatic rings. The number of hydrogen-bond donors (Lipinski definition) is 1. The number of aliphatic hydroxyl groups excluding tert-OH is 1. The van der Waals surface area contributed by atoms with E-state index in [4.69, 9.17) is 52.5 Å². The van der Waals surface area contributed by atoms with Crippen LogP contribution in [0.4, 0.5) is 0 Å². The van der Waals surface area contributed by atoms with E-state index >= 15 is 0 Å². The lowest BCUT2D eigenvalue weighted by atomic mass is 10.2. The zero-order valence-electron chi connectivity index (χ0n) is 20.7. The van der Waals surface area contributed by atoms with Gasteiger partial charge in [-0.25, -0.2) is 0 Å². The van der Waals surface area contributed by atoms with Crippen molar-refractivity contribution in [1.29, 1.82) is 0 Å². The molecule has 11 nitrogen and oxygen atoms in total. The van der Waals surface area contributed by atoms with Crippen molar-refractivity contribution in [3.63, 3.8) is 0 Å². The molecule has 1 saturated heterocycles. The van der Waals surface area contributed by atoms with Crippen LogP contribution in [0.1, 0.15) is 19.3 Å². The fourth-order valence-corrected chi connectivity index (χ4v) is 2.79. The molecule has 1 unspecified atom stereocenters. The average molecular weight is 499 g/mol. The van der Waals surface area contributed by atoms with Gasteiger partial charge in [-0.2, -0.15) is 0 Å². The summed E-state index contributed by atoms with van der Waals surface area (Å²) in [7, 11) is 0. The maximum atomic E-state index is 8.55. The van der Waals surface area contributed by atoms with Gasteiger partial charge in [-0.05, 0) is 19.3 Å². The quantitative estimate of drug-likeness (QED) is 0.161. The summed E-state index contributed by atoms with van der Waals surface area (Å²) in [5.41, 5.74) is 0. The second-order valence-corrected chi connectivity index (χ2v) is 7.29. The molecule has 0 aromatic heterocycles. The molecule has 11 heteroatoms. The maximum absolute atomic E-state index is 8.55. The monoisotopic (exact) mass is 498 g/mol. The van der Waals surface area contributed by atoms with E-state index in [0.717, 1.165) is 19.4 Å². The third-order valence-corrected chi connectivity index (χ3v) is 4.51. The van der Waals surface area contributed by atoms with Crippen LogP contribution in [0.15, 0.2) is 0 Å². The zero-order valence-corrected chi connectivity index (χ0v) is 20.7. The van der Waals surface area contributed by atoms with Gasteiger partial charge in [-0.3, -0.25) is 0 Å². The molecule has 1 atom stereocenters. The van der Waals surface area contributed by atoms with Gasteiger partial charge in [-0.15, -0.1) is 0 Å². The highest BCUT2D eigenvalue weighted by molar-refractivity contribution is 4.53. The van der Waals surface area contributed by atoms with Gasteiger partial charge in [0, 0.05) is 6.61 Å². The van der Waals surface area contributed by atoms with E-state index in [9.17, 15) is 0 Å². The molecule has 0 aromatic rings. The fourth-order valence-electron chi connectivity index (χ4n) is 2.79. The highest BCUT2D eigenvalue weighted by Gasteiger charge is 2.13. The van der Waals surface area contributed by atoms with Crippen LogP contribution < -0.4 is 0 Å². The third-order valence-electron chi connectivity index (χ3n) is 4.51. The predicted octanol–water partition coefficient (Wildman–Crippen LogP) is 0.655. The van der Waals surface area contributed by atoms with E-state index in [-0.39, 0.29) is 12.9 Å². The lowest BCUT2D eigenvalue weighted by Crippen LogP contribution is -2.24. The Hall–Kier alpha value is -0.440. The van der Waals surface area contributed by atoms with Crippen molar-refractivity contribution in [2.45, 2.75) is 25.6 Å². The molecule has 1 heterocycles. The van der Waals surface area contributed by atoms with E-state index in [1.54, 1.807) is 0 Å². The van der Waals surface area contributed by atoms with Crippen LogP contribution in [0, 0.1) is 0 Å². The number of rotatable bonds is 27. The molecule has 0 spiro atoms. The number of ether oxygens (including phenoxy) is 10. The van der Waals surface area contributed by atoms with Gasteiger partial charge in [0.2, 0.25) is 0 Å². The van der Waals surface area contributed by atoms with Crippen molar-refractivity contribution >= 4 is 0 Å². The largest absolute Gasteiger partial charge is 0.394 e. The highest BCUT2D eigenvalue weighted by atomic mass is 16.7. The van der Waals surface area contributed by atoms with Crippen LogP contribution >= 0.6 is 0 Å². The Morgan fingerprint density at radius 2 is 0.824 bits per heavy atom. The van der Waals surface area contributed by atoms with Crippen LogP contribution in [0.25, 0.3) is 0 Å². The smallest absolute Gasteiger partial charge is 0.157 e. The molecule has 0 saturated carbocycles. The van der Waals surface area contributed by atoms with Crippen molar-refractivity contribution in [2.24, 2.45) is 0 Å². The van der Waals surface area contributed by atoms with Gasteiger partial charge in [0.1, 0.15) is 0 Å². The summed E-state index contributed by atoms with van der Waals surface area (Å²) in [6.07, 6.45) is 3.20. The summed E-state index contributed by atoms with van der Waals surface area (Å²) in [6, 6.07) is 0. The molecule has 0 bridgehead atoms. The summed E-state index contributed by atoms with van der Waals surface area (Å²) in [6.45, 7) is 9.50. The Bertz CT molecular complexity index is 384. The average Bonchev–Trinajstić information content (AvgIpc) is 2.87. The van der Waals surface area contributed by atoms with Crippen LogP contribution in [-0.4, -0.2) is 137 Å². The second-order valence-electron chi connectivity index (χ2n) is 7.29. The predicted molar refractivity (Wildman–Crippen MR) is 123 cm³/mol. The van der Waals surface area contributed by atoms with Crippen LogP contribution in [-0.2, 0) is 47.4 Å². The van der Waals surface area contributed by atoms with E-state index < -0.39 is 0 Å². The Labute approximate surface area is 204 Å². The maximum Gasteiger partial charge on any atom is 0.157 e. The minimum Gasteiger partial charge on any atom is -0.394 e. The van der Waals surface area contributed by atoms with E-state index in [1.165, 1.54) is 6.42 Å². The molecule has 0 aliphatic carbocycles. The standard InChI is InChI=1S/C23H46O11/c24-4-6-25-7-8-26-9-10-27-11-12-28-13-14-29-15-16-30-17-18-31-19-20-32-21-22-34-23-3-1-2-5-33-23/h23-24H,1-22H2. The SMILES string of the molecule is OCCOCCOCCOCCOCCOCCOCCOCCOCCOC1CCCCO1. The van der Waals surface area contributed by atoms with Crippen molar-refractivity contribution in [2.75, 3.05) is 126 Å². The van der Waals surface area contributed by atoms with Gasteiger partial charge in [0.05, 0.1) is 119 Å². The topological polar surface area (TPSA) is 113 Å². The van der Waals surface area contributed by atoms with E-state index in [1.807, 2.05) is 0 Å². The molecule has 0 radical (unpaired) electrons. The van der Waals surface area contributed by atoms with Crippen LogP contribution in [0.5, 0.6) is 0 Å². The molecule has 34 heavy (non-hydrogen) atoms. The van der Waals surface area contributed by atoms with Crippen molar-refractivity contribution in [1.82, 2.24) is 0 Å². The van der Waals surface area contributed by atoms with E-state index in [0.29, 0.717) is 112 Å². The molecular weight excluding hydrogens is 452 g/mol. The minimum atomic E-state index is -0.0613. The summed E-state index contributed by atoms with van der Waals surface area (Å²) >= 11 is 0. The molecule has 1 aliphatic heterocycles. The van der Waals surface area contributed by atoms with Crippen LogP contribution in [0.3, 0.4) is 0 Å². The zero-order chi connectivity index (χ0) is 24.2. The lowest BCUT2D eigenvalue weighted by Gasteiger charge is -2.22. The first-order valence-electron chi connectivity index (χ1n) is 12.4. The molecule has 1 N–H and O–H groups in total. The van der Waals surface area contributed by atoms with Gasteiger partial charge in [0.15, 0.2) is 6.29 Å². The lowest BCUT2D eigenvalue weighted by molar-refractivity contribution is -0.169. The summed E-state index contributed by atoms with van der Waals surface area (Å²) in [4.78, 5) is 0. The Kier molecular flexibility index (Phi) is 25.2. The number of aliphatic hydroxyl groups is 1. The molecule has 1 rings (SSSR count). The van der Waals surface area contributed by atoms with Gasteiger partial charge < -0.3 is 52.5 Å². The molecule has 1 fully saturated rings. The number of hydrogen-bond acceptors (Lipinski definition) is 11. The first-order chi connectivity index (χ1) is 16.9. The van der Waals surface area contributed by atoms with Gasteiger partial charge in [0.25, 0.3) is 0 Å². The first-order valence-corrected chi connectivity index (χ1v) is 12.4. The molecule has 204 valence electrons. The minimum absolute atomic E-state index is 0.0307. The Morgan fingerprint density at radius 3 is 1.15 bits per heavy atom. The second kappa shape index (κ2) is 27.2. The van der Waals surface area contributed by atoms with Gasteiger partial charge >= 0.3 is 0 Å². The normalized spacial score (nSPS) is 16.3. The molecule has 0 amide bonds. The summed E-state index contributed by atoms with van der Waals surface area (Å²) in [5, 5.41) is 8.55. The van der Waals surface area contributed by atoms with E-state index in [2.05, 4.69) is 0 Å². The molecular formula is C23H46O11. The summed E-state index contributed by atoms with van der Waals surface area (Å²) in [5.74, 6) is 0. The van der Waals surface area contributed by atoms with Crippen molar-refractivity contribution < 1.29 is 52.5 Å². The molecule has 0 aromatic carbocycles. The summed E-state index contributed by atoms with van der Waals surface area (Å²) < 4.78 is 54.1. The Balaban J connectivity index is 1.61.